The van der Waals surface area contributed by atoms with Crippen molar-refractivity contribution in [2.24, 2.45) is 0 Å². The molecule has 1 aromatic carbocycles. The Morgan fingerprint density at radius 3 is 1.49 bits per heavy atom. The predicted molar refractivity (Wildman–Crippen MR) is 154 cm³/mol. The Balaban J connectivity index is 2.12. The lowest BCUT2D eigenvalue weighted by atomic mass is 9.94. The van der Waals surface area contributed by atoms with Gasteiger partial charge in [0.1, 0.15) is 0 Å². The van der Waals surface area contributed by atoms with Gasteiger partial charge in [0, 0.05) is 27.4 Å². The van der Waals surface area contributed by atoms with E-state index in [1.165, 1.54) is 120 Å². The molecule has 0 bridgehead atoms. The molecule has 3 nitrogen and oxygen atoms in total. The molecule has 0 aromatic heterocycles. The van der Waals surface area contributed by atoms with Crippen LogP contribution in [0, 0.1) is 6.92 Å². The van der Waals surface area contributed by atoms with Crippen LogP contribution in [0.1, 0.15) is 133 Å². The van der Waals surface area contributed by atoms with Crippen molar-refractivity contribution >= 4 is 8.80 Å². The largest absolute Gasteiger partial charge is 0.500 e. The minimum atomic E-state index is -2.47. The summed E-state index contributed by atoms with van der Waals surface area (Å²) in [5, 5.41) is 0. The van der Waals surface area contributed by atoms with E-state index in [1.54, 1.807) is 26.9 Å². The van der Waals surface area contributed by atoms with Gasteiger partial charge in [0.05, 0.1) is 0 Å². The molecule has 0 aliphatic rings. The van der Waals surface area contributed by atoms with E-state index >= 15 is 0 Å². The third-order valence-corrected chi connectivity index (χ3v) is 10.5. The van der Waals surface area contributed by atoms with E-state index in [0.29, 0.717) is 0 Å². The molecule has 4 heteroatoms. The highest BCUT2D eigenvalue weighted by atomic mass is 28.4. The molecule has 35 heavy (non-hydrogen) atoms. The molecule has 204 valence electrons. The van der Waals surface area contributed by atoms with Crippen LogP contribution in [0.15, 0.2) is 18.2 Å². The van der Waals surface area contributed by atoms with Gasteiger partial charge in [-0.05, 0) is 49.3 Å². The zero-order valence-electron chi connectivity index (χ0n) is 24.1. The summed E-state index contributed by atoms with van der Waals surface area (Å²) < 4.78 is 16.8. The molecule has 0 saturated carbocycles. The Morgan fingerprint density at radius 1 is 0.571 bits per heavy atom. The Morgan fingerprint density at radius 2 is 1.03 bits per heavy atom. The van der Waals surface area contributed by atoms with Crippen LogP contribution >= 0.6 is 0 Å². The highest BCUT2D eigenvalue weighted by Gasteiger charge is 2.36. The van der Waals surface area contributed by atoms with E-state index in [1.807, 2.05) is 0 Å². The van der Waals surface area contributed by atoms with Crippen molar-refractivity contribution in [3.63, 3.8) is 0 Å². The monoisotopic (exact) mass is 506 g/mol. The van der Waals surface area contributed by atoms with Crippen LogP contribution in [-0.2, 0) is 26.1 Å². The van der Waals surface area contributed by atoms with Crippen LogP contribution in [0.25, 0.3) is 0 Å². The normalized spacial score (nSPS) is 11.9. The highest BCUT2D eigenvalue weighted by molar-refractivity contribution is 6.60. The van der Waals surface area contributed by atoms with Crippen LogP contribution in [-0.4, -0.2) is 30.1 Å². The van der Waals surface area contributed by atoms with Gasteiger partial charge in [-0.1, -0.05) is 121 Å². The first-order chi connectivity index (χ1) is 17.1. The number of benzene rings is 1. The molecule has 0 radical (unpaired) electrons. The van der Waals surface area contributed by atoms with E-state index in [4.69, 9.17) is 13.3 Å². The Kier molecular flexibility index (Phi) is 19.8. The van der Waals surface area contributed by atoms with Crippen molar-refractivity contribution in [2.45, 2.75) is 142 Å². The maximum absolute atomic E-state index is 5.59. The Hall–Kier alpha value is -0.683. The minimum Gasteiger partial charge on any atom is -0.377 e. The lowest BCUT2D eigenvalue weighted by Gasteiger charge is -2.24. The third kappa shape index (κ3) is 14.6. The van der Waals surface area contributed by atoms with E-state index in [0.717, 1.165) is 18.9 Å². The topological polar surface area (TPSA) is 27.7 Å². The molecule has 0 spiro atoms. The Bertz CT molecular complexity index is 607. The zero-order chi connectivity index (χ0) is 25.6. The summed E-state index contributed by atoms with van der Waals surface area (Å²) in [6.07, 6.45) is 26.1. The average Bonchev–Trinajstić information content (AvgIpc) is 2.88. The van der Waals surface area contributed by atoms with Crippen molar-refractivity contribution in [3.05, 3.63) is 34.9 Å². The standard InChI is InChI=1S/C31H58O3Si/c1-6-7-8-9-10-11-12-13-14-15-16-17-18-19-20-21-27-31-29(2)24-22-25-30(31)26-23-28-35(32-3,33-4)34-5/h22,24-25H,6-21,23,26-28H2,1-5H3. The van der Waals surface area contributed by atoms with E-state index in [9.17, 15) is 0 Å². The smallest absolute Gasteiger partial charge is 0.377 e. The zero-order valence-corrected chi connectivity index (χ0v) is 25.1. The average molecular weight is 507 g/mol. The van der Waals surface area contributed by atoms with Crippen LogP contribution in [0.2, 0.25) is 6.04 Å². The van der Waals surface area contributed by atoms with Crippen LogP contribution in [0.3, 0.4) is 0 Å². The highest BCUT2D eigenvalue weighted by Crippen LogP contribution is 2.23. The molecular formula is C31H58O3Si. The molecule has 1 rings (SSSR count). The van der Waals surface area contributed by atoms with Crippen molar-refractivity contribution in [2.75, 3.05) is 21.3 Å². The lowest BCUT2D eigenvalue weighted by molar-refractivity contribution is 0.123. The van der Waals surface area contributed by atoms with Crippen LogP contribution < -0.4 is 0 Å². The van der Waals surface area contributed by atoms with Gasteiger partial charge in [0.2, 0.25) is 0 Å². The maximum Gasteiger partial charge on any atom is 0.500 e. The molecule has 0 heterocycles. The second-order valence-corrected chi connectivity index (χ2v) is 13.5. The summed E-state index contributed by atoms with van der Waals surface area (Å²) in [5.41, 5.74) is 4.51. The first kappa shape index (κ1) is 32.3. The van der Waals surface area contributed by atoms with Crippen molar-refractivity contribution in [1.29, 1.82) is 0 Å². The van der Waals surface area contributed by atoms with Gasteiger partial charge >= 0.3 is 8.80 Å². The number of hydrogen-bond donors (Lipinski definition) is 0. The van der Waals surface area contributed by atoms with Gasteiger partial charge in [0.25, 0.3) is 0 Å². The summed E-state index contributed by atoms with van der Waals surface area (Å²) in [5.74, 6) is 0. The molecular weight excluding hydrogens is 448 g/mol. The molecule has 0 atom stereocenters. The molecule has 0 amide bonds. The van der Waals surface area contributed by atoms with Crippen LogP contribution in [0.5, 0.6) is 0 Å². The van der Waals surface area contributed by atoms with Crippen molar-refractivity contribution < 1.29 is 13.3 Å². The fourth-order valence-electron chi connectivity index (χ4n) is 5.26. The van der Waals surface area contributed by atoms with Crippen molar-refractivity contribution in [3.8, 4) is 0 Å². The summed E-state index contributed by atoms with van der Waals surface area (Å²) in [6, 6.07) is 7.65. The van der Waals surface area contributed by atoms with Gasteiger partial charge in [-0.3, -0.25) is 0 Å². The lowest BCUT2D eigenvalue weighted by Crippen LogP contribution is -2.42. The predicted octanol–water partition coefficient (Wildman–Crippen LogP) is 9.61. The first-order valence-electron chi connectivity index (χ1n) is 14.8. The quantitative estimate of drug-likeness (QED) is 0.103. The number of rotatable bonds is 24. The maximum atomic E-state index is 5.59. The van der Waals surface area contributed by atoms with Crippen LogP contribution in [0.4, 0.5) is 0 Å². The van der Waals surface area contributed by atoms with Gasteiger partial charge in [0.15, 0.2) is 0 Å². The summed E-state index contributed by atoms with van der Waals surface area (Å²) in [4.78, 5) is 0. The summed E-state index contributed by atoms with van der Waals surface area (Å²) in [7, 11) is 2.64. The second kappa shape index (κ2) is 21.4. The number of hydrogen-bond acceptors (Lipinski definition) is 3. The second-order valence-electron chi connectivity index (χ2n) is 10.4. The van der Waals surface area contributed by atoms with Gasteiger partial charge in [-0.2, -0.15) is 0 Å². The number of aryl methyl sites for hydroxylation is 2. The number of unbranched alkanes of at least 4 members (excludes halogenated alkanes) is 15. The molecule has 0 saturated heterocycles. The van der Waals surface area contributed by atoms with E-state index in [-0.39, 0.29) is 0 Å². The first-order valence-corrected chi connectivity index (χ1v) is 16.8. The summed E-state index contributed by atoms with van der Waals surface area (Å²) >= 11 is 0. The van der Waals surface area contributed by atoms with E-state index < -0.39 is 8.80 Å². The summed E-state index contributed by atoms with van der Waals surface area (Å²) in [6.45, 7) is 4.56. The molecule has 0 N–H and O–H groups in total. The fraction of sp³-hybridized carbons (Fsp3) is 0.806. The third-order valence-electron chi connectivity index (χ3n) is 7.65. The SMILES string of the molecule is CCCCCCCCCCCCCCCCCCc1c(C)cccc1CCC[Si](OC)(OC)OC. The van der Waals surface area contributed by atoms with Crippen molar-refractivity contribution in [1.82, 2.24) is 0 Å². The molecule has 0 unspecified atom stereocenters. The Labute approximate surface area is 220 Å². The molecule has 0 aliphatic heterocycles. The molecule has 1 aromatic rings. The van der Waals surface area contributed by atoms with E-state index in [2.05, 4.69) is 32.0 Å². The molecule has 0 aliphatic carbocycles. The van der Waals surface area contributed by atoms with Gasteiger partial charge in [-0.25, -0.2) is 0 Å². The van der Waals surface area contributed by atoms with Gasteiger partial charge < -0.3 is 13.3 Å². The minimum absolute atomic E-state index is 0.864. The fourth-order valence-corrected chi connectivity index (χ4v) is 6.98. The van der Waals surface area contributed by atoms with Gasteiger partial charge in [-0.15, -0.1) is 0 Å². The molecule has 0 fully saturated rings.